The van der Waals surface area contributed by atoms with E-state index in [9.17, 15) is 14.7 Å². The van der Waals surface area contributed by atoms with E-state index in [1.807, 2.05) is 50.8 Å². The molecule has 3 atom stereocenters. The first-order valence-corrected chi connectivity index (χ1v) is 13.9. The number of thiazole rings is 1. The second kappa shape index (κ2) is 10.9. The minimum absolute atomic E-state index is 0.00868. The van der Waals surface area contributed by atoms with Crippen molar-refractivity contribution in [3.8, 4) is 10.4 Å². The van der Waals surface area contributed by atoms with Crippen molar-refractivity contribution in [3.05, 3.63) is 59.0 Å². The van der Waals surface area contributed by atoms with Crippen molar-refractivity contribution in [1.82, 2.24) is 19.7 Å². The van der Waals surface area contributed by atoms with Crippen LogP contribution in [-0.2, 0) is 21.4 Å². The van der Waals surface area contributed by atoms with Crippen LogP contribution in [0, 0.1) is 12.8 Å². The van der Waals surface area contributed by atoms with Gasteiger partial charge in [0.2, 0.25) is 5.91 Å². The molecule has 0 bridgehead atoms. The molecular formula is C29H38N4O3S. The second-order valence-corrected chi connectivity index (χ2v) is 12.3. The molecule has 1 fully saturated rings. The van der Waals surface area contributed by atoms with E-state index in [1.54, 1.807) is 20.9 Å². The van der Waals surface area contributed by atoms with Crippen LogP contribution in [0.15, 0.2) is 42.2 Å². The average Bonchev–Trinajstić information content (AvgIpc) is 3.57. The zero-order chi connectivity index (χ0) is 26.9. The van der Waals surface area contributed by atoms with Gasteiger partial charge in [0, 0.05) is 25.6 Å². The van der Waals surface area contributed by atoms with Crippen LogP contribution in [-0.4, -0.2) is 55.2 Å². The molecule has 1 saturated heterocycles. The monoisotopic (exact) mass is 522 g/mol. The van der Waals surface area contributed by atoms with Crippen molar-refractivity contribution in [2.45, 2.75) is 84.4 Å². The molecule has 4 rings (SSSR count). The summed E-state index contributed by atoms with van der Waals surface area (Å²) in [4.78, 5) is 34.1. The molecule has 8 heteroatoms. The third-order valence-corrected chi connectivity index (χ3v) is 8.17. The smallest absolute Gasteiger partial charge is 0.248 e. The summed E-state index contributed by atoms with van der Waals surface area (Å²) < 4.78 is 1.73. The first-order chi connectivity index (χ1) is 17.5. The van der Waals surface area contributed by atoms with E-state index in [-0.39, 0.29) is 36.0 Å². The van der Waals surface area contributed by atoms with Crippen molar-refractivity contribution in [2.75, 3.05) is 6.54 Å². The molecule has 7 nitrogen and oxygen atoms in total. The van der Waals surface area contributed by atoms with E-state index >= 15 is 0 Å². The molecule has 1 N–H and O–H groups in total. The molecule has 3 heterocycles. The van der Waals surface area contributed by atoms with Gasteiger partial charge in [0.1, 0.15) is 6.04 Å². The van der Waals surface area contributed by atoms with Crippen LogP contribution in [0.2, 0.25) is 0 Å². The number of aliphatic hydroxyl groups excluding tert-OH is 1. The molecule has 3 aromatic rings. The summed E-state index contributed by atoms with van der Waals surface area (Å²) in [5, 5.41) is 14.9. The molecule has 0 spiro atoms. The summed E-state index contributed by atoms with van der Waals surface area (Å²) in [7, 11) is 0. The fourth-order valence-corrected chi connectivity index (χ4v) is 5.76. The first kappa shape index (κ1) is 27.2. The number of carbonyl (C=O) groups is 2. The minimum Gasteiger partial charge on any atom is -0.391 e. The van der Waals surface area contributed by atoms with Crippen LogP contribution >= 0.6 is 11.3 Å². The molecule has 0 radical (unpaired) electrons. The number of carbonyl (C=O) groups excluding carboxylic acids is 2. The van der Waals surface area contributed by atoms with E-state index in [1.165, 1.54) is 0 Å². The Morgan fingerprint density at radius 1 is 1.19 bits per heavy atom. The number of aliphatic hydroxyl groups is 1. The highest BCUT2D eigenvalue weighted by Crippen LogP contribution is 2.30. The Labute approximate surface area is 223 Å². The Hall–Kier alpha value is -2.84. The maximum absolute atomic E-state index is 13.8. The number of likely N-dealkylation sites (tertiary alicyclic amines) is 1. The third-order valence-electron chi connectivity index (χ3n) is 7.19. The van der Waals surface area contributed by atoms with Crippen LogP contribution in [0.4, 0.5) is 0 Å². The highest BCUT2D eigenvalue weighted by atomic mass is 32.1. The molecule has 0 aliphatic carbocycles. The summed E-state index contributed by atoms with van der Waals surface area (Å²) in [5.74, 6) is -0.183. The van der Waals surface area contributed by atoms with Gasteiger partial charge in [-0.2, -0.15) is 5.10 Å². The lowest BCUT2D eigenvalue weighted by molar-refractivity contribution is -0.141. The molecule has 1 aromatic carbocycles. The van der Waals surface area contributed by atoms with Crippen molar-refractivity contribution < 1.29 is 14.7 Å². The van der Waals surface area contributed by atoms with Gasteiger partial charge in [-0.1, -0.05) is 58.9 Å². The topological polar surface area (TPSA) is 88.3 Å². The molecular weight excluding hydrogens is 484 g/mol. The Morgan fingerprint density at radius 2 is 1.89 bits per heavy atom. The number of benzene rings is 1. The van der Waals surface area contributed by atoms with E-state index in [0.717, 1.165) is 27.3 Å². The van der Waals surface area contributed by atoms with Crippen LogP contribution in [0.25, 0.3) is 10.4 Å². The molecule has 3 unspecified atom stereocenters. The Bertz CT molecular complexity index is 1240. The number of β-amino-alcohol motifs (C(OH)–C–C–N with tert-alkyl or cyclic N) is 1. The van der Waals surface area contributed by atoms with Crippen molar-refractivity contribution >= 4 is 23.0 Å². The molecule has 2 aromatic heterocycles. The highest BCUT2D eigenvalue weighted by Gasteiger charge is 2.42. The van der Waals surface area contributed by atoms with Crippen molar-refractivity contribution in [2.24, 2.45) is 5.92 Å². The van der Waals surface area contributed by atoms with Crippen LogP contribution in [0.1, 0.15) is 70.3 Å². The number of rotatable bonds is 8. The maximum atomic E-state index is 13.8. The van der Waals surface area contributed by atoms with Gasteiger partial charge in [-0.3, -0.25) is 14.3 Å². The molecule has 198 valence electrons. The van der Waals surface area contributed by atoms with Gasteiger partial charge in [0.05, 0.1) is 34.4 Å². The SMILES string of the molecule is Cc1ncsc1-c1ccc(CCC(=O)C2CC(O)CN2C(=O)C(C(C)C)n2cc(C(C)(C)C)cn2)cc1. The Kier molecular flexibility index (Phi) is 7.99. The predicted molar refractivity (Wildman–Crippen MR) is 147 cm³/mol. The van der Waals surface area contributed by atoms with Gasteiger partial charge in [-0.05, 0) is 41.4 Å². The van der Waals surface area contributed by atoms with Crippen molar-refractivity contribution in [1.29, 1.82) is 0 Å². The van der Waals surface area contributed by atoms with E-state index in [2.05, 4.69) is 43.0 Å². The molecule has 1 aliphatic rings. The number of amides is 1. The Balaban J connectivity index is 1.45. The summed E-state index contributed by atoms with van der Waals surface area (Å²) >= 11 is 1.62. The number of nitrogens with zero attached hydrogens (tertiary/aromatic N) is 4. The molecule has 0 saturated carbocycles. The zero-order valence-corrected chi connectivity index (χ0v) is 23.5. The molecule has 1 aliphatic heterocycles. The quantitative estimate of drug-likeness (QED) is 0.451. The van der Waals surface area contributed by atoms with E-state index < -0.39 is 18.2 Å². The summed E-state index contributed by atoms with van der Waals surface area (Å²) in [6.45, 7) is 12.5. The predicted octanol–water partition coefficient (Wildman–Crippen LogP) is 4.97. The number of hydrogen-bond acceptors (Lipinski definition) is 6. The molecule has 37 heavy (non-hydrogen) atoms. The number of aromatic nitrogens is 3. The van der Waals surface area contributed by atoms with Crippen molar-refractivity contribution in [3.63, 3.8) is 0 Å². The van der Waals surface area contributed by atoms with Gasteiger partial charge in [-0.25, -0.2) is 4.98 Å². The zero-order valence-electron chi connectivity index (χ0n) is 22.6. The number of ketones is 1. The summed E-state index contributed by atoms with van der Waals surface area (Å²) in [6, 6.07) is 7.10. The second-order valence-electron chi connectivity index (χ2n) is 11.5. The summed E-state index contributed by atoms with van der Waals surface area (Å²) in [6.07, 6.45) is 4.25. The average molecular weight is 523 g/mol. The van der Waals surface area contributed by atoms with Gasteiger partial charge < -0.3 is 10.0 Å². The first-order valence-electron chi connectivity index (χ1n) is 13.0. The lowest BCUT2D eigenvalue weighted by Crippen LogP contribution is -2.45. The third kappa shape index (κ3) is 6.02. The number of aryl methyl sites for hydroxylation is 2. The van der Waals surface area contributed by atoms with Crippen LogP contribution < -0.4 is 0 Å². The largest absolute Gasteiger partial charge is 0.391 e. The lowest BCUT2D eigenvalue weighted by atomic mass is 9.90. The highest BCUT2D eigenvalue weighted by molar-refractivity contribution is 7.13. The van der Waals surface area contributed by atoms with E-state index in [0.29, 0.717) is 12.8 Å². The fourth-order valence-electron chi connectivity index (χ4n) is 4.95. The fraction of sp³-hybridized carbons (Fsp3) is 0.517. The standard InChI is InChI=1S/C29H38N4O3S/c1-18(2)26(33-15-22(14-31-33)29(4,5)6)28(36)32-16-23(34)13-24(32)25(35)12-9-20-7-10-21(11-8-20)27-19(3)30-17-37-27/h7-8,10-11,14-15,17-18,23-24,26,34H,9,12-13,16H2,1-6H3. The number of Topliss-reactive ketones (excluding diaryl/α,β-unsaturated/α-hetero) is 1. The van der Waals surface area contributed by atoms with Gasteiger partial charge >= 0.3 is 0 Å². The maximum Gasteiger partial charge on any atom is 0.248 e. The number of hydrogen-bond donors (Lipinski definition) is 1. The molecule has 1 amide bonds. The lowest BCUT2D eigenvalue weighted by Gasteiger charge is -2.30. The van der Waals surface area contributed by atoms with Gasteiger partial charge in [0.15, 0.2) is 5.78 Å². The van der Waals surface area contributed by atoms with Crippen LogP contribution in [0.5, 0.6) is 0 Å². The Morgan fingerprint density at radius 3 is 2.46 bits per heavy atom. The van der Waals surface area contributed by atoms with Gasteiger partial charge in [0.25, 0.3) is 0 Å². The van der Waals surface area contributed by atoms with Gasteiger partial charge in [-0.15, -0.1) is 11.3 Å². The normalized spacial score (nSPS) is 19.0. The summed E-state index contributed by atoms with van der Waals surface area (Å²) in [5.41, 5.74) is 6.03. The van der Waals surface area contributed by atoms with Crippen LogP contribution in [0.3, 0.4) is 0 Å². The van der Waals surface area contributed by atoms with E-state index in [4.69, 9.17) is 0 Å². The minimum atomic E-state index is -0.699.